The summed E-state index contributed by atoms with van der Waals surface area (Å²) in [5.74, 6) is 0.426. The molecule has 3 aliphatic carbocycles. The minimum Gasteiger partial charge on any atom is -0.313 e. The molecular weight excluding hydrogens is 773 g/mol. The lowest BCUT2D eigenvalue weighted by atomic mass is 9.88. The van der Waals surface area contributed by atoms with E-state index in [4.69, 9.17) is 0 Å². The molecule has 316 valence electrons. The summed E-state index contributed by atoms with van der Waals surface area (Å²) >= 11 is 0. The molecular formula is C62H58N2. The standard InChI is InChI=1S/C60H52N2.C2H6/c1-8-15-37(4)29-40(7)61(54-22-13-20-48-46-18-11-9-16-41(46)33-52(48)54)57-35-58(51-27-25-44-32-45(36(2)3)31-43-24-26-50(57)60(51)59(43)44)62(56-30-38(5)28-39(56)6)55-23-14-21-49-47-19-12-10-17-42(47)34-53(49)55;1-2/h8-27,29-32,35-36H,1,28,33-34H2,2-7H3;1-2H3/b37-15-,40-29+;. The van der Waals surface area contributed by atoms with Gasteiger partial charge in [0.1, 0.15) is 0 Å². The second-order valence-corrected chi connectivity index (χ2v) is 18.2. The van der Waals surface area contributed by atoms with E-state index < -0.39 is 0 Å². The van der Waals surface area contributed by atoms with E-state index >= 15 is 0 Å². The molecule has 0 aliphatic heterocycles. The maximum Gasteiger partial charge on any atom is 0.0561 e. The van der Waals surface area contributed by atoms with Crippen molar-refractivity contribution in [2.75, 3.05) is 9.80 Å². The van der Waals surface area contributed by atoms with Gasteiger partial charge in [-0.05, 0) is 148 Å². The summed E-state index contributed by atoms with van der Waals surface area (Å²) in [5.41, 5.74) is 23.5. The van der Waals surface area contributed by atoms with Gasteiger partial charge < -0.3 is 9.80 Å². The molecule has 0 bridgehead atoms. The van der Waals surface area contributed by atoms with Crippen LogP contribution in [0.5, 0.6) is 0 Å². The van der Waals surface area contributed by atoms with Gasteiger partial charge in [-0.1, -0.05) is 161 Å². The lowest BCUT2D eigenvalue weighted by Gasteiger charge is -2.34. The van der Waals surface area contributed by atoms with Gasteiger partial charge in [0.05, 0.1) is 17.1 Å². The van der Waals surface area contributed by atoms with Crippen molar-refractivity contribution in [1.82, 2.24) is 0 Å². The summed E-state index contributed by atoms with van der Waals surface area (Å²) in [6, 6.07) is 48.7. The molecule has 0 fully saturated rings. The molecule has 2 nitrogen and oxygen atoms in total. The van der Waals surface area contributed by atoms with Crippen LogP contribution in [0.25, 0.3) is 54.6 Å². The molecule has 0 amide bonds. The van der Waals surface area contributed by atoms with Crippen LogP contribution < -0.4 is 9.80 Å². The SMILES string of the molecule is C=C/C=C(C)\C=C(/C)N(c1cccc2c1Cc1ccccc1-2)c1cc(N(C2=C(C)CC(C)=C2)c2cccc3c2Cc2ccccc2-3)c2ccc3cc(C(C)C)cc4ccc1c2c34.CC. The predicted octanol–water partition coefficient (Wildman–Crippen LogP) is 17.8. The Morgan fingerprint density at radius 1 is 0.594 bits per heavy atom. The number of fused-ring (bicyclic) bond motifs is 6. The quantitative estimate of drug-likeness (QED) is 0.106. The molecule has 0 radical (unpaired) electrons. The van der Waals surface area contributed by atoms with Gasteiger partial charge in [0.15, 0.2) is 0 Å². The van der Waals surface area contributed by atoms with E-state index in [0.29, 0.717) is 5.92 Å². The Kier molecular flexibility index (Phi) is 10.5. The number of rotatable bonds is 9. The Balaban J connectivity index is 0.00000239. The summed E-state index contributed by atoms with van der Waals surface area (Å²) in [4.78, 5) is 5.21. The summed E-state index contributed by atoms with van der Waals surface area (Å²) in [7, 11) is 0. The van der Waals surface area contributed by atoms with Crippen molar-refractivity contribution in [3.63, 3.8) is 0 Å². The number of allylic oxidation sites excluding steroid dienone is 8. The van der Waals surface area contributed by atoms with Crippen molar-refractivity contribution in [2.24, 2.45) is 0 Å². The summed E-state index contributed by atoms with van der Waals surface area (Å²) in [6.45, 7) is 21.7. The third-order valence-corrected chi connectivity index (χ3v) is 13.8. The Morgan fingerprint density at radius 2 is 1.16 bits per heavy atom. The highest BCUT2D eigenvalue weighted by Gasteiger charge is 2.32. The lowest BCUT2D eigenvalue weighted by Crippen LogP contribution is -2.20. The van der Waals surface area contributed by atoms with Gasteiger partial charge in [-0.3, -0.25) is 0 Å². The highest BCUT2D eigenvalue weighted by atomic mass is 15.2. The van der Waals surface area contributed by atoms with E-state index in [1.54, 1.807) is 0 Å². The molecule has 0 aromatic heterocycles. The third-order valence-electron chi connectivity index (χ3n) is 13.8. The van der Waals surface area contributed by atoms with Gasteiger partial charge in [-0.15, -0.1) is 0 Å². The molecule has 0 saturated carbocycles. The van der Waals surface area contributed by atoms with E-state index in [1.807, 2.05) is 19.9 Å². The van der Waals surface area contributed by atoms with Crippen molar-refractivity contribution in [3.05, 3.63) is 214 Å². The number of anilines is 4. The molecule has 0 atom stereocenters. The molecule has 0 N–H and O–H groups in total. The lowest BCUT2D eigenvalue weighted by molar-refractivity contribution is 0.870. The first-order valence-electron chi connectivity index (χ1n) is 23.3. The van der Waals surface area contributed by atoms with Gasteiger partial charge >= 0.3 is 0 Å². The molecule has 11 rings (SSSR count). The molecule has 0 unspecified atom stereocenters. The van der Waals surface area contributed by atoms with E-state index in [-0.39, 0.29) is 0 Å². The Bertz CT molecular complexity index is 3290. The monoisotopic (exact) mass is 830 g/mol. The average molecular weight is 831 g/mol. The fraction of sp³-hybridized carbons (Fsp3) is 0.194. The van der Waals surface area contributed by atoms with E-state index in [2.05, 4.69) is 204 Å². The van der Waals surface area contributed by atoms with Crippen LogP contribution in [0.3, 0.4) is 0 Å². The van der Waals surface area contributed by atoms with Crippen LogP contribution in [-0.4, -0.2) is 0 Å². The fourth-order valence-corrected chi connectivity index (χ4v) is 11.0. The Labute approximate surface area is 380 Å². The van der Waals surface area contributed by atoms with E-state index in [1.165, 1.54) is 122 Å². The molecule has 8 aromatic carbocycles. The summed E-state index contributed by atoms with van der Waals surface area (Å²) < 4.78 is 0. The molecule has 3 aliphatic rings. The van der Waals surface area contributed by atoms with Crippen molar-refractivity contribution in [1.29, 1.82) is 0 Å². The van der Waals surface area contributed by atoms with Gasteiger partial charge in [-0.25, -0.2) is 0 Å². The number of hydrogen-bond donors (Lipinski definition) is 0. The topological polar surface area (TPSA) is 6.48 Å². The molecule has 8 aromatic rings. The van der Waals surface area contributed by atoms with Crippen molar-refractivity contribution in [2.45, 2.75) is 80.6 Å². The number of hydrogen-bond acceptors (Lipinski definition) is 2. The summed E-state index contributed by atoms with van der Waals surface area (Å²) in [5, 5.41) is 7.74. The minimum absolute atomic E-state index is 0.426. The smallest absolute Gasteiger partial charge is 0.0561 e. The van der Waals surface area contributed by atoms with Crippen LogP contribution in [0.4, 0.5) is 22.7 Å². The van der Waals surface area contributed by atoms with Crippen molar-refractivity contribution < 1.29 is 0 Å². The zero-order valence-electron chi connectivity index (χ0n) is 38.7. The van der Waals surface area contributed by atoms with Crippen molar-refractivity contribution >= 4 is 55.1 Å². The predicted molar refractivity (Wildman–Crippen MR) is 278 cm³/mol. The maximum atomic E-state index is 4.06. The first kappa shape index (κ1) is 41.1. The third kappa shape index (κ3) is 6.62. The average Bonchev–Trinajstić information content (AvgIpc) is 3.99. The van der Waals surface area contributed by atoms with Crippen LogP contribution >= 0.6 is 0 Å². The largest absolute Gasteiger partial charge is 0.313 e. The van der Waals surface area contributed by atoms with Gasteiger partial charge in [-0.2, -0.15) is 0 Å². The molecule has 64 heavy (non-hydrogen) atoms. The van der Waals surface area contributed by atoms with Gasteiger partial charge in [0, 0.05) is 46.1 Å². The van der Waals surface area contributed by atoms with Crippen LogP contribution in [0.15, 0.2) is 186 Å². The van der Waals surface area contributed by atoms with Crippen LogP contribution in [0.2, 0.25) is 0 Å². The maximum absolute atomic E-state index is 4.06. The molecule has 2 heteroatoms. The zero-order chi connectivity index (χ0) is 44.4. The van der Waals surface area contributed by atoms with Gasteiger partial charge in [0.25, 0.3) is 0 Å². The first-order valence-corrected chi connectivity index (χ1v) is 23.3. The van der Waals surface area contributed by atoms with E-state index in [0.717, 1.165) is 30.5 Å². The van der Waals surface area contributed by atoms with Crippen LogP contribution in [-0.2, 0) is 12.8 Å². The summed E-state index contributed by atoms with van der Waals surface area (Å²) in [6.07, 6.45) is 11.5. The van der Waals surface area contributed by atoms with Crippen LogP contribution in [0.1, 0.15) is 95.5 Å². The molecule has 0 heterocycles. The molecule has 0 spiro atoms. The second kappa shape index (κ2) is 16.3. The van der Waals surface area contributed by atoms with Crippen molar-refractivity contribution in [3.8, 4) is 22.3 Å². The van der Waals surface area contributed by atoms with Gasteiger partial charge in [0.2, 0.25) is 0 Å². The van der Waals surface area contributed by atoms with E-state index in [9.17, 15) is 0 Å². The number of benzene rings is 8. The number of nitrogens with zero attached hydrogens (tertiary/aromatic N) is 2. The highest BCUT2D eigenvalue weighted by Crippen LogP contribution is 2.53. The van der Waals surface area contributed by atoms with Crippen LogP contribution in [0, 0.1) is 0 Å². The first-order chi connectivity index (χ1) is 31.2. The highest BCUT2D eigenvalue weighted by molar-refractivity contribution is 6.29. The second-order valence-electron chi connectivity index (χ2n) is 18.2. The zero-order valence-corrected chi connectivity index (χ0v) is 38.7. The normalized spacial score (nSPS) is 14.2. The fourth-order valence-electron chi connectivity index (χ4n) is 11.0. The minimum atomic E-state index is 0.426. The molecule has 0 saturated heterocycles. The Hall–Kier alpha value is -6.90. The Morgan fingerprint density at radius 3 is 1.73 bits per heavy atom.